The lowest BCUT2D eigenvalue weighted by Crippen LogP contribution is -2.22. The smallest absolute Gasteiger partial charge is 0.263 e. The van der Waals surface area contributed by atoms with Gasteiger partial charge in [-0.2, -0.15) is 0 Å². The fourth-order valence-electron chi connectivity index (χ4n) is 2.83. The molecule has 0 unspecified atom stereocenters. The molecule has 4 aromatic rings. The van der Waals surface area contributed by atoms with Crippen molar-refractivity contribution in [3.05, 3.63) is 94.7 Å². The summed E-state index contributed by atoms with van der Waals surface area (Å²) in [4.78, 5) is 20.5. The van der Waals surface area contributed by atoms with Crippen LogP contribution in [0.15, 0.2) is 71.9 Å². The van der Waals surface area contributed by atoms with E-state index in [1.54, 1.807) is 36.4 Å². The second kappa shape index (κ2) is 6.48. The normalized spacial score (nSPS) is 11.0. The summed E-state index contributed by atoms with van der Waals surface area (Å²) >= 11 is 0. The molecular weight excluding hydrogens is 336 g/mol. The van der Waals surface area contributed by atoms with E-state index in [9.17, 15) is 13.6 Å². The second-order valence-electron chi connectivity index (χ2n) is 5.84. The standard InChI is InChI=1S/C20H13F2N3O/c21-17-9-14(13-5-2-1-3-6-13)10-18(22)16(17)11-25-12-24-19-15(20(25)26)7-4-8-23-19/h1-10,12H,11H2. The van der Waals surface area contributed by atoms with E-state index in [1.165, 1.54) is 29.2 Å². The molecule has 0 aliphatic carbocycles. The van der Waals surface area contributed by atoms with Crippen LogP contribution in [0, 0.1) is 11.6 Å². The largest absolute Gasteiger partial charge is 0.294 e. The first-order valence-electron chi connectivity index (χ1n) is 7.97. The van der Waals surface area contributed by atoms with Crippen LogP contribution < -0.4 is 5.56 Å². The van der Waals surface area contributed by atoms with E-state index < -0.39 is 17.2 Å². The summed E-state index contributed by atoms with van der Waals surface area (Å²) in [6.07, 6.45) is 2.78. The summed E-state index contributed by atoms with van der Waals surface area (Å²) in [6, 6.07) is 14.7. The quantitative estimate of drug-likeness (QED) is 0.565. The highest BCUT2D eigenvalue weighted by Gasteiger charge is 2.14. The first-order chi connectivity index (χ1) is 12.6. The average Bonchev–Trinajstić information content (AvgIpc) is 2.67. The Kier molecular flexibility index (Phi) is 4.01. The lowest BCUT2D eigenvalue weighted by Gasteiger charge is -2.10. The molecule has 0 aliphatic heterocycles. The summed E-state index contributed by atoms with van der Waals surface area (Å²) in [7, 11) is 0. The highest BCUT2D eigenvalue weighted by atomic mass is 19.1. The Morgan fingerprint density at radius 1 is 0.885 bits per heavy atom. The van der Waals surface area contributed by atoms with Crippen LogP contribution in [-0.2, 0) is 6.54 Å². The maximum atomic E-state index is 14.5. The van der Waals surface area contributed by atoms with Crippen LogP contribution in [0.1, 0.15) is 5.56 Å². The number of rotatable bonds is 3. The third-order valence-electron chi connectivity index (χ3n) is 4.17. The van der Waals surface area contributed by atoms with Gasteiger partial charge in [-0.05, 0) is 35.4 Å². The Morgan fingerprint density at radius 2 is 1.62 bits per heavy atom. The van der Waals surface area contributed by atoms with E-state index in [0.29, 0.717) is 22.2 Å². The highest BCUT2D eigenvalue weighted by molar-refractivity contribution is 5.72. The number of hydrogen-bond donors (Lipinski definition) is 0. The van der Waals surface area contributed by atoms with Gasteiger partial charge in [0, 0.05) is 11.8 Å². The van der Waals surface area contributed by atoms with Crippen LogP contribution >= 0.6 is 0 Å². The van der Waals surface area contributed by atoms with Gasteiger partial charge < -0.3 is 0 Å². The van der Waals surface area contributed by atoms with Crippen molar-refractivity contribution in [3.8, 4) is 11.1 Å². The number of halogens is 2. The van der Waals surface area contributed by atoms with Crippen molar-refractivity contribution in [2.75, 3.05) is 0 Å². The van der Waals surface area contributed by atoms with Crippen molar-refractivity contribution < 1.29 is 8.78 Å². The topological polar surface area (TPSA) is 47.8 Å². The Labute approximate surface area is 147 Å². The fourth-order valence-corrected chi connectivity index (χ4v) is 2.83. The van der Waals surface area contributed by atoms with Crippen LogP contribution in [0.3, 0.4) is 0 Å². The summed E-state index contributed by atoms with van der Waals surface area (Å²) in [5, 5.41) is 0.303. The number of aromatic nitrogens is 3. The maximum Gasteiger partial charge on any atom is 0.263 e. The number of fused-ring (bicyclic) bond motifs is 1. The van der Waals surface area contributed by atoms with Gasteiger partial charge in [0.2, 0.25) is 0 Å². The molecule has 0 saturated carbocycles. The molecule has 0 saturated heterocycles. The van der Waals surface area contributed by atoms with E-state index in [0.717, 1.165) is 0 Å². The molecule has 26 heavy (non-hydrogen) atoms. The van der Waals surface area contributed by atoms with E-state index in [4.69, 9.17) is 0 Å². The molecule has 0 N–H and O–H groups in total. The molecule has 4 nitrogen and oxygen atoms in total. The zero-order valence-corrected chi connectivity index (χ0v) is 13.6. The van der Waals surface area contributed by atoms with Gasteiger partial charge in [-0.3, -0.25) is 9.36 Å². The van der Waals surface area contributed by atoms with Gasteiger partial charge in [0.25, 0.3) is 5.56 Å². The molecule has 2 aromatic heterocycles. The SMILES string of the molecule is O=c1c2cccnc2ncn1Cc1c(F)cc(-c2ccccc2)cc1F. The summed E-state index contributed by atoms with van der Waals surface area (Å²) in [5.41, 5.74) is 0.880. The molecule has 6 heteroatoms. The Balaban J connectivity index is 1.76. The number of hydrogen-bond acceptors (Lipinski definition) is 3. The van der Waals surface area contributed by atoms with Crippen molar-refractivity contribution in [1.29, 1.82) is 0 Å². The van der Waals surface area contributed by atoms with Gasteiger partial charge in [0.05, 0.1) is 11.9 Å². The zero-order chi connectivity index (χ0) is 18.1. The Hall–Kier alpha value is -3.41. The molecule has 0 aliphatic rings. The zero-order valence-electron chi connectivity index (χ0n) is 13.6. The average molecular weight is 349 g/mol. The van der Waals surface area contributed by atoms with Crippen LogP contribution in [-0.4, -0.2) is 14.5 Å². The molecule has 0 amide bonds. The van der Waals surface area contributed by atoms with Gasteiger partial charge in [-0.15, -0.1) is 0 Å². The number of pyridine rings is 1. The molecule has 4 rings (SSSR count). The third-order valence-corrected chi connectivity index (χ3v) is 4.17. The van der Waals surface area contributed by atoms with E-state index in [-0.39, 0.29) is 12.1 Å². The van der Waals surface area contributed by atoms with Gasteiger partial charge >= 0.3 is 0 Å². The lowest BCUT2D eigenvalue weighted by atomic mass is 10.0. The molecule has 0 radical (unpaired) electrons. The highest BCUT2D eigenvalue weighted by Crippen LogP contribution is 2.24. The van der Waals surface area contributed by atoms with Gasteiger partial charge in [-0.25, -0.2) is 18.7 Å². The van der Waals surface area contributed by atoms with Crippen LogP contribution in [0.2, 0.25) is 0 Å². The summed E-state index contributed by atoms with van der Waals surface area (Å²) in [6.45, 7) is -0.247. The molecule has 0 bridgehead atoms. The monoisotopic (exact) mass is 349 g/mol. The van der Waals surface area contributed by atoms with Crippen molar-refractivity contribution in [3.63, 3.8) is 0 Å². The number of benzene rings is 2. The lowest BCUT2D eigenvalue weighted by molar-refractivity contribution is 0.541. The van der Waals surface area contributed by atoms with Crippen LogP contribution in [0.25, 0.3) is 22.2 Å². The summed E-state index contributed by atoms with van der Waals surface area (Å²) in [5.74, 6) is -1.41. The van der Waals surface area contributed by atoms with Crippen molar-refractivity contribution in [2.45, 2.75) is 6.54 Å². The predicted octanol–water partition coefficient (Wildman–Crippen LogP) is 3.79. The Bertz CT molecular complexity index is 1130. The van der Waals surface area contributed by atoms with Crippen LogP contribution in [0.5, 0.6) is 0 Å². The van der Waals surface area contributed by atoms with Crippen molar-refractivity contribution >= 4 is 11.0 Å². The second-order valence-corrected chi connectivity index (χ2v) is 5.84. The molecule has 128 valence electrons. The van der Waals surface area contributed by atoms with Crippen LogP contribution in [0.4, 0.5) is 8.78 Å². The van der Waals surface area contributed by atoms with Gasteiger partial charge in [0.1, 0.15) is 18.0 Å². The summed E-state index contributed by atoms with van der Waals surface area (Å²) < 4.78 is 30.3. The van der Waals surface area contributed by atoms with Crippen molar-refractivity contribution in [2.24, 2.45) is 0 Å². The van der Waals surface area contributed by atoms with E-state index >= 15 is 0 Å². The van der Waals surface area contributed by atoms with Crippen molar-refractivity contribution in [1.82, 2.24) is 14.5 Å². The Morgan fingerprint density at radius 3 is 2.35 bits per heavy atom. The molecule has 0 spiro atoms. The third kappa shape index (κ3) is 2.86. The first-order valence-corrected chi connectivity index (χ1v) is 7.97. The van der Waals surface area contributed by atoms with E-state index in [2.05, 4.69) is 9.97 Å². The predicted molar refractivity (Wildman–Crippen MR) is 94.7 cm³/mol. The van der Waals surface area contributed by atoms with E-state index in [1.807, 2.05) is 6.07 Å². The molecule has 0 fully saturated rings. The minimum Gasteiger partial charge on any atom is -0.294 e. The minimum atomic E-state index is -0.706. The molecule has 2 heterocycles. The number of nitrogens with zero attached hydrogens (tertiary/aromatic N) is 3. The molecule has 0 atom stereocenters. The minimum absolute atomic E-state index is 0.183. The van der Waals surface area contributed by atoms with Gasteiger partial charge in [-0.1, -0.05) is 30.3 Å². The van der Waals surface area contributed by atoms with Gasteiger partial charge in [0.15, 0.2) is 5.65 Å². The maximum absolute atomic E-state index is 14.5. The molecular formula is C20H13F2N3O. The fraction of sp³-hybridized carbons (Fsp3) is 0.0500. The first kappa shape index (κ1) is 16.1. The molecule has 2 aromatic carbocycles.